The number of thiazole rings is 1. The van der Waals surface area contributed by atoms with Crippen LogP contribution in [-0.4, -0.2) is 24.0 Å². The van der Waals surface area contributed by atoms with E-state index in [4.69, 9.17) is 0 Å². The Morgan fingerprint density at radius 1 is 1.75 bits per heavy atom. The number of piperidine rings is 1. The van der Waals surface area contributed by atoms with E-state index in [0.717, 1.165) is 30.9 Å². The van der Waals surface area contributed by atoms with Crippen LogP contribution in [0.25, 0.3) is 0 Å². The third-order valence-electron chi connectivity index (χ3n) is 2.75. The molecule has 0 aliphatic carbocycles. The fourth-order valence-corrected chi connectivity index (χ4v) is 2.59. The van der Waals surface area contributed by atoms with E-state index < -0.39 is 0 Å². The van der Waals surface area contributed by atoms with Crippen molar-refractivity contribution in [2.45, 2.75) is 26.3 Å². The van der Waals surface area contributed by atoms with Gasteiger partial charge in [0, 0.05) is 17.6 Å². The second-order valence-corrected chi connectivity index (χ2v) is 5.45. The molecule has 1 aromatic rings. The summed E-state index contributed by atoms with van der Waals surface area (Å²) in [5.74, 6) is 0.287. The van der Waals surface area contributed by atoms with Gasteiger partial charge in [0.15, 0.2) is 0 Å². The highest BCUT2D eigenvalue weighted by Gasteiger charge is 2.20. The van der Waals surface area contributed by atoms with E-state index in [1.807, 2.05) is 13.1 Å². The van der Waals surface area contributed by atoms with Crippen molar-refractivity contribution < 1.29 is 4.79 Å². The lowest BCUT2D eigenvalue weighted by Crippen LogP contribution is -2.40. The Bertz CT molecular complexity index is 358. The largest absolute Gasteiger partial charge is 0.349 e. The van der Waals surface area contributed by atoms with E-state index in [-0.39, 0.29) is 11.8 Å². The van der Waals surface area contributed by atoms with Crippen LogP contribution in [0.15, 0.2) is 6.20 Å². The van der Waals surface area contributed by atoms with Crippen LogP contribution in [-0.2, 0) is 11.3 Å². The standard InChI is InChI=1S/C11H17N3OS/c1-8-5-13-10(16-8)7-14-11(15)9-3-2-4-12-6-9/h5,9,12H,2-4,6-7H2,1H3,(H,14,15)/t9-/m1/s1. The van der Waals surface area contributed by atoms with Gasteiger partial charge in [-0.2, -0.15) is 0 Å². The molecule has 2 N–H and O–H groups in total. The molecular formula is C11H17N3OS. The van der Waals surface area contributed by atoms with Crippen LogP contribution in [0, 0.1) is 12.8 Å². The molecule has 0 radical (unpaired) electrons. The number of hydrogen-bond acceptors (Lipinski definition) is 4. The van der Waals surface area contributed by atoms with Gasteiger partial charge in [-0.3, -0.25) is 4.79 Å². The third-order valence-corrected chi connectivity index (χ3v) is 3.66. The van der Waals surface area contributed by atoms with Crippen molar-refractivity contribution in [1.82, 2.24) is 15.6 Å². The average molecular weight is 239 g/mol. The number of carbonyl (C=O) groups is 1. The van der Waals surface area contributed by atoms with Gasteiger partial charge in [0.05, 0.1) is 12.5 Å². The summed E-state index contributed by atoms with van der Waals surface area (Å²) in [5, 5.41) is 7.18. The van der Waals surface area contributed by atoms with Crippen molar-refractivity contribution in [1.29, 1.82) is 0 Å². The minimum atomic E-state index is 0.134. The fraction of sp³-hybridized carbons (Fsp3) is 0.636. The van der Waals surface area contributed by atoms with Crippen LogP contribution >= 0.6 is 11.3 Å². The van der Waals surface area contributed by atoms with E-state index in [2.05, 4.69) is 15.6 Å². The summed E-state index contributed by atoms with van der Waals surface area (Å²) in [6, 6.07) is 0. The van der Waals surface area contributed by atoms with Crippen LogP contribution in [0.2, 0.25) is 0 Å². The second kappa shape index (κ2) is 5.41. The molecule has 88 valence electrons. The van der Waals surface area contributed by atoms with Gasteiger partial charge >= 0.3 is 0 Å². The van der Waals surface area contributed by atoms with Crippen LogP contribution in [0.1, 0.15) is 22.7 Å². The van der Waals surface area contributed by atoms with Crippen LogP contribution in [0.4, 0.5) is 0 Å². The van der Waals surface area contributed by atoms with Crippen molar-refractivity contribution in [2.75, 3.05) is 13.1 Å². The third kappa shape index (κ3) is 3.02. The zero-order valence-corrected chi connectivity index (χ0v) is 10.3. The maximum absolute atomic E-state index is 11.8. The number of rotatable bonds is 3. The first-order valence-electron chi connectivity index (χ1n) is 5.65. The summed E-state index contributed by atoms with van der Waals surface area (Å²) in [7, 11) is 0. The van der Waals surface area contributed by atoms with Gasteiger partial charge in [0.2, 0.25) is 5.91 Å². The van der Waals surface area contributed by atoms with Crippen LogP contribution in [0.5, 0.6) is 0 Å². The molecular weight excluding hydrogens is 222 g/mol. The summed E-state index contributed by atoms with van der Waals surface area (Å²) in [6.45, 7) is 4.43. The summed E-state index contributed by atoms with van der Waals surface area (Å²) in [6.07, 6.45) is 3.93. The number of nitrogens with zero attached hydrogens (tertiary/aromatic N) is 1. The van der Waals surface area contributed by atoms with Gasteiger partial charge in [-0.15, -0.1) is 11.3 Å². The normalized spacial score (nSPS) is 20.7. The molecule has 0 spiro atoms. The highest BCUT2D eigenvalue weighted by atomic mass is 32.1. The molecule has 1 amide bonds. The molecule has 0 saturated carbocycles. The highest BCUT2D eigenvalue weighted by molar-refractivity contribution is 7.11. The van der Waals surface area contributed by atoms with E-state index in [9.17, 15) is 4.79 Å². The van der Waals surface area contributed by atoms with Gasteiger partial charge in [0.1, 0.15) is 5.01 Å². The molecule has 1 atom stereocenters. The molecule has 4 nitrogen and oxygen atoms in total. The number of carbonyl (C=O) groups excluding carboxylic acids is 1. The fourth-order valence-electron chi connectivity index (χ4n) is 1.87. The predicted molar refractivity (Wildman–Crippen MR) is 64.3 cm³/mol. The summed E-state index contributed by atoms with van der Waals surface area (Å²) in [5.41, 5.74) is 0. The van der Waals surface area contributed by atoms with Gasteiger partial charge in [-0.25, -0.2) is 4.98 Å². The predicted octanol–water partition coefficient (Wildman–Crippen LogP) is 1.07. The average Bonchev–Trinajstić information content (AvgIpc) is 2.73. The van der Waals surface area contributed by atoms with E-state index in [1.54, 1.807) is 11.3 Å². The molecule has 2 heterocycles. The number of aromatic nitrogens is 1. The minimum Gasteiger partial charge on any atom is -0.349 e. The Morgan fingerprint density at radius 3 is 3.25 bits per heavy atom. The lowest BCUT2D eigenvalue weighted by molar-refractivity contribution is -0.125. The molecule has 0 bridgehead atoms. The lowest BCUT2D eigenvalue weighted by atomic mass is 9.99. The summed E-state index contributed by atoms with van der Waals surface area (Å²) >= 11 is 1.63. The monoisotopic (exact) mass is 239 g/mol. The van der Waals surface area contributed by atoms with Crippen molar-refractivity contribution in [2.24, 2.45) is 5.92 Å². The molecule has 0 unspecified atom stereocenters. The number of aryl methyl sites for hydroxylation is 1. The first kappa shape index (κ1) is 11.5. The van der Waals surface area contributed by atoms with Crippen LogP contribution < -0.4 is 10.6 Å². The molecule has 1 aliphatic heterocycles. The SMILES string of the molecule is Cc1cnc(CNC(=O)[C@@H]2CCCNC2)s1. The molecule has 1 saturated heterocycles. The Hall–Kier alpha value is -0.940. The molecule has 1 aliphatic rings. The second-order valence-electron chi connectivity index (χ2n) is 4.13. The number of amides is 1. The van der Waals surface area contributed by atoms with Crippen molar-refractivity contribution in [3.05, 3.63) is 16.1 Å². The maximum atomic E-state index is 11.8. The lowest BCUT2D eigenvalue weighted by Gasteiger charge is -2.21. The Balaban J connectivity index is 1.78. The van der Waals surface area contributed by atoms with Gasteiger partial charge < -0.3 is 10.6 Å². The zero-order valence-electron chi connectivity index (χ0n) is 9.45. The number of nitrogens with one attached hydrogen (secondary N) is 2. The zero-order chi connectivity index (χ0) is 11.4. The summed E-state index contributed by atoms with van der Waals surface area (Å²) in [4.78, 5) is 17.2. The topological polar surface area (TPSA) is 54.0 Å². The van der Waals surface area contributed by atoms with Crippen molar-refractivity contribution >= 4 is 17.2 Å². The highest BCUT2D eigenvalue weighted by Crippen LogP contribution is 2.12. The van der Waals surface area contributed by atoms with E-state index in [0.29, 0.717) is 6.54 Å². The molecule has 2 rings (SSSR count). The maximum Gasteiger partial charge on any atom is 0.224 e. The van der Waals surface area contributed by atoms with Crippen molar-refractivity contribution in [3.8, 4) is 0 Å². The van der Waals surface area contributed by atoms with Crippen molar-refractivity contribution in [3.63, 3.8) is 0 Å². The Morgan fingerprint density at radius 2 is 2.62 bits per heavy atom. The van der Waals surface area contributed by atoms with E-state index in [1.165, 1.54) is 4.88 Å². The van der Waals surface area contributed by atoms with Gasteiger partial charge in [0.25, 0.3) is 0 Å². The first-order valence-corrected chi connectivity index (χ1v) is 6.47. The van der Waals surface area contributed by atoms with Gasteiger partial charge in [-0.1, -0.05) is 0 Å². The van der Waals surface area contributed by atoms with E-state index >= 15 is 0 Å². The molecule has 1 fully saturated rings. The molecule has 1 aromatic heterocycles. The summed E-state index contributed by atoms with van der Waals surface area (Å²) < 4.78 is 0. The number of hydrogen-bond donors (Lipinski definition) is 2. The first-order chi connectivity index (χ1) is 7.75. The Labute approximate surface area is 99.5 Å². The quantitative estimate of drug-likeness (QED) is 0.829. The smallest absolute Gasteiger partial charge is 0.224 e. The molecule has 5 heteroatoms. The molecule has 0 aromatic carbocycles. The molecule has 16 heavy (non-hydrogen) atoms. The minimum absolute atomic E-state index is 0.134. The Kier molecular flexibility index (Phi) is 3.90. The van der Waals surface area contributed by atoms with Crippen LogP contribution in [0.3, 0.4) is 0 Å². The van der Waals surface area contributed by atoms with Gasteiger partial charge in [-0.05, 0) is 26.3 Å².